The first-order valence-electron chi connectivity index (χ1n) is 8.14. The Hall–Kier alpha value is -1.76. The molecule has 7 heteroatoms. The van der Waals surface area contributed by atoms with Crippen molar-refractivity contribution in [3.8, 4) is 5.75 Å². The number of alkyl halides is 3. The van der Waals surface area contributed by atoms with Gasteiger partial charge in [0.15, 0.2) is 0 Å². The molecule has 1 saturated carbocycles. The molecule has 0 aromatic heterocycles. The fourth-order valence-electron chi connectivity index (χ4n) is 2.88. The average Bonchev–Trinajstić information content (AvgIpc) is 2.71. The number of amides is 1. The number of benzene rings is 1. The van der Waals surface area contributed by atoms with E-state index in [1.807, 2.05) is 0 Å². The molecule has 1 amide bonds. The van der Waals surface area contributed by atoms with Gasteiger partial charge in [-0.3, -0.25) is 4.79 Å². The monoisotopic (exact) mass is 343 g/mol. The lowest BCUT2D eigenvalue weighted by Gasteiger charge is -2.32. The van der Waals surface area contributed by atoms with E-state index in [0.717, 1.165) is 31.4 Å². The molecule has 0 bridgehead atoms. The van der Waals surface area contributed by atoms with E-state index >= 15 is 0 Å². The molecule has 4 nitrogen and oxygen atoms in total. The Balaban J connectivity index is 1.61. The van der Waals surface area contributed by atoms with Crippen LogP contribution >= 0.6 is 0 Å². The number of carbonyl (C=O) groups is 1. The molecule has 1 atom stereocenters. The molecule has 2 fully saturated rings. The van der Waals surface area contributed by atoms with Gasteiger partial charge in [0.1, 0.15) is 11.9 Å². The van der Waals surface area contributed by atoms with E-state index in [2.05, 4.69) is 0 Å². The van der Waals surface area contributed by atoms with Gasteiger partial charge in [0, 0.05) is 12.5 Å². The summed E-state index contributed by atoms with van der Waals surface area (Å²) < 4.78 is 48.9. The summed E-state index contributed by atoms with van der Waals surface area (Å²) in [6.07, 6.45) is -1.79. The molecule has 1 unspecified atom stereocenters. The van der Waals surface area contributed by atoms with Crippen molar-refractivity contribution in [1.82, 2.24) is 4.90 Å². The zero-order valence-electron chi connectivity index (χ0n) is 13.2. The number of rotatable bonds is 3. The maximum Gasteiger partial charge on any atom is 0.416 e. The van der Waals surface area contributed by atoms with Gasteiger partial charge in [-0.25, -0.2) is 0 Å². The third kappa shape index (κ3) is 4.01. The van der Waals surface area contributed by atoms with Crippen molar-refractivity contribution in [1.29, 1.82) is 0 Å². The first kappa shape index (κ1) is 17.1. The Morgan fingerprint density at radius 1 is 1.21 bits per heavy atom. The van der Waals surface area contributed by atoms with Crippen LogP contribution in [0.5, 0.6) is 5.75 Å². The summed E-state index contributed by atoms with van der Waals surface area (Å²) in [5.74, 6) is 0.581. The molecule has 1 heterocycles. The highest BCUT2D eigenvalue weighted by molar-refractivity contribution is 5.79. The van der Waals surface area contributed by atoms with Crippen LogP contribution in [0.2, 0.25) is 0 Å². The SMILES string of the molecule is O=C(C1CCC1)N1CCOCC(Oc2ccc(C(F)(F)F)cc2)C1. The predicted octanol–water partition coefficient (Wildman–Crippen LogP) is 3.11. The number of carbonyl (C=O) groups excluding carboxylic acids is 1. The molecule has 0 radical (unpaired) electrons. The first-order chi connectivity index (χ1) is 11.4. The van der Waals surface area contributed by atoms with Crippen LogP contribution in [0, 0.1) is 5.92 Å². The molecule has 1 saturated heterocycles. The van der Waals surface area contributed by atoms with Crippen molar-refractivity contribution >= 4 is 5.91 Å². The molecule has 0 N–H and O–H groups in total. The molecule has 132 valence electrons. The van der Waals surface area contributed by atoms with Crippen LogP contribution in [0.15, 0.2) is 24.3 Å². The largest absolute Gasteiger partial charge is 0.486 e. The Labute approximate surface area is 138 Å². The van der Waals surface area contributed by atoms with Crippen LogP contribution in [0.25, 0.3) is 0 Å². The van der Waals surface area contributed by atoms with Crippen LogP contribution in [-0.4, -0.2) is 43.2 Å². The van der Waals surface area contributed by atoms with E-state index in [9.17, 15) is 18.0 Å². The van der Waals surface area contributed by atoms with E-state index in [-0.39, 0.29) is 17.9 Å². The van der Waals surface area contributed by atoms with Gasteiger partial charge in [0.2, 0.25) is 5.91 Å². The minimum Gasteiger partial charge on any atom is -0.486 e. The van der Waals surface area contributed by atoms with Crippen LogP contribution < -0.4 is 4.74 Å². The summed E-state index contributed by atoms with van der Waals surface area (Å²) >= 11 is 0. The van der Waals surface area contributed by atoms with Crippen molar-refractivity contribution in [3.05, 3.63) is 29.8 Å². The number of hydrogen-bond donors (Lipinski definition) is 0. The molecule has 1 aliphatic carbocycles. The Morgan fingerprint density at radius 2 is 1.92 bits per heavy atom. The summed E-state index contributed by atoms with van der Waals surface area (Å²) in [5.41, 5.74) is -0.714. The third-order valence-electron chi connectivity index (χ3n) is 4.48. The van der Waals surface area contributed by atoms with Crippen molar-refractivity contribution in [2.75, 3.05) is 26.3 Å². The summed E-state index contributed by atoms with van der Waals surface area (Å²) in [6.45, 7) is 1.69. The zero-order valence-corrected chi connectivity index (χ0v) is 13.2. The average molecular weight is 343 g/mol. The van der Waals surface area contributed by atoms with Crippen LogP contribution in [0.1, 0.15) is 24.8 Å². The van der Waals surface area contributed by atoms with Gasteiger partial charge in [0.25, 0.3) is 0 Å². The zero-order chi connectivity index (χ0) is 17.2. The van der Waals surface area contributed by atoms with Gasteiger partial charge in [0.05, 0.1) is 25.3 Å². The number of nitrogens with zero attached hydrogens (tertiary/aromatic N) is 1. The molecule has 0 spiro atoms. The van der Waals surface area contributed by atoms with Gasteiger partial charge >= 0.3 is 6.18 Å². The second-order valence-electron chi connectivity index (χ2n) is 6.25. The normalized spacial score (nSPS) is 22.6. The van der Waals surface area contributed by atoms with Gasteiger partial charge in [-0.2, -0.15) is 13.2 Å². The van der Waals surface area contributed by atoms with Crippen LogP contribution in [0.3, 0.4) is 0 Å². The quantitative estimate of drug-likeness (QED) is 0.846. The Bertz CT molecular complexity index is 569. The van der Waals surface area contributed by atoms with Crippen molar-refractivity contribution in [2.45, 2.75) is 31.5 Å². The maximum absolute atomic E-state index is 12.6. The predicted molar refractivity (Wildman–Crippen MR) is 80.6 cm³/mol. The third-order valence-corrected chi connectivity index (χ3v) is 4.48. The number of hydrogen-bond acceptors (Lipinski definition) is 3. The molecular formula is C17H20F3NO3. The highest BCUT2D eigenvalue weighted by Crippen LogP contribution is 2.31. The minimum absolute atomic E-state index is 0.106. The highest BCUT2D eigenvalue weighted by atomic mass is 19.4. The van der Waals surface area contributed by atoms with Crippen molar-refractivity contribution in [2.24, 2.45) is 5.92 Å². The van der Waals surface area contributed by atoms with E-state index in [1.54, 1.807) is 4.90 Å². The molecule has 1 aromatic rings. The van der Waals surface area contributed by atoms with Gasteiger partial charge in [-0.1, -0.05) is 6.42 Å². The second kappa shape index (κ2) is 7.01. The molecule has 1 aliphatic heterocycles. The molecule has 24 heavy (non-hydrogen) atoms. The number of halogens is 3. The summed E-state index contributed by atoms with van der Waals surface area (Å²) in [4.78, 5) is 14.1. The molecule has 2 aliphatic rings. The Kier molecular flexibility index (Phi) is 4.99. The summed E-state index contributed by atoms with van der Waals surface area (Å²) in [5, 5.41) is 0. The van der Waals surface area contributed by atoms with Crippen molar-refractivity contribution < 1.29 is 27.4 Å². The Morgan fingerprint density at radius 3 is 2.50 bits per heavy atom. The van der Waals surface area contributed by atoms with E-state index in [1.165, 1.54) is 12.1 Å². The summed E-state index contributed by atoms with van der Waals surface area (Å²) in [6, 6.07) is 4.58. The lowest BCUT2D eigenvalue weighted by atomic mass is 9.84. The van der Waals surface area contributed by atoms with E-state index < -0.39 is 11.7 Å². The van der Waals surface area contributed by atoms with E-state index in [0.29, 0.717) is 32.1 Å². The lowest BCUT2D eigenvalue weighted by Crippen LogP contribution is -2.44. The van der Waals surface area contributed by atoms with Gasteiger partial charge < -0.3 is 14.4 Å². The molecular weight excluding hydrogens is 323 g/mol. The highest BCUT2D eigenvalue weighted by Gasteiger charge is 2.33. The second-order valence-corrected chi connectivity index (χ2v) is 6.25. The molecule has 1 aromatic carbocycles. The van der Waals surface area contributed by atoms with Crippen LogP contribution in [0.4, 0.5) is 13.2 Å². The smallest absolute Gasteiger partial charge is 0.416 e. The number of ether oxygens (including phenoxy) is 2. The van der Waals surface area contributed by atoms with Crippen molar-refractivity contribution in [3.63, 3.8) is 0 Å². The standard InChI is InChI=1S/C17H20F3NO3/c18-17(19,20)13-4-6-14(7-5-13)24-15-10-21(8-9-23-11-15)16(22)12-2-1-3-12/h4-7,12,15H,1-3,8-11H2. The van der Waals surface area contributed by atoms with Gasteiger partial charge in [-0.15, -0.1) is 0 Å². The lowest BCUT2D eigenvalue weighted by molar-refractivity contribution is -0.139. The minimum atomic E-state index is -4.37. The molecule has 3 rings (SSSR count). The fourth-order valence-corrected chi connectivity index (χ4v) is 2.88. The topological polar surface area (TPSA) is 38.8 Å². The van der Waals surface area contributed by atoms with E-state index in [4.69, 9.17) is 9.47 Å². The van der Waals surface area contributed by atoms with Crippen LogP contribution in [-0.2, 0) is 15.7 Å². The van der Waals surface area contributed by atoms with Gasteiger partial charge in [-0.05, 0) is 37.1 Å². The fraction of sp³-hybridized carbons (Fsp3) is 0.588. The first-order valence-corrected chi connectivity index (χ1v) is 8.14. The summed E-state index contributed by atoms with van der Waals surface area (Å²) in [7, 11) is 0. The maximum atomic E-state index is 12.6.